The molecule has 6 nitrogen and oxygen atoms in total. The maximum atomic E-state index is 12.4. The number of rotatable bonds is 5. The molecule has 2 N–H and O–H groups in total. The van der Waals surface area contributed by atoms with E-state index in [1.54, 1.807) is 29.3 Å². The fourth-order valence-corrected chi connectivity index (χ4v) is 3.88. The van der Waals surface area contributed by atoms with Gasteiger partial charge >= 0.3 is 0 Å². The van der Waals surface area contributed by atoms with Gasteiger partial charge in [-0.25, -0.2) is 4.98 Å². The van der Waals surface area contributed by atoms with E-state index in [1.807, 2.05) is 13.2 Å². The lowest BCUT2D eigenvalue weighted by atomic mass is 10.0. The number of halogens is 2. The summed E-state index contributed by atoms with van der Waals surface area (Å²) in [6.07, 6.45) is 8.26. The number of amides is 1. The van der Waals surface area contributed by atoms with E-state index in [9.17, 15) is 4.79 Å². The molecule has 24 heavy (non-hydrogen) atoms. The van der Waals surface area contributed by atoms with Crippen molar-refractivity contribution in [1.29, 1.82) is 0 Å². The second-order valence-corrected chi connectivity index (χ2v) is 6.74. The minimum absolute atomic E-state index is 0. The largest absolute Gasteiger partial charge is 0.348 e. The number of nitrogens with zero attached hydrogens (tertiary/aromatic N) is 3. The number of carbonyl (C=O) groups excluding carboxylic acids is 1. The van der Waals surface area contributed by atoms with Gasteiger partial charge in [0.25, 0.3) is 0 Å². The van der Waals surface area contributed by atoms with Crippen LogP contribution in [0.15, 0.2) is 12.4 Å². The fraction of sp³-hybridized carbons (Fsp3) is 0.533. The van der Waals surface area contributed by atoms with Crippen molar-refractivity contribution in [3.63, 3.8) is 0 Å². The summed E-state index contributed by atoms with van der Waals surface area (Å²) < 4.78 is 1.70. The molecule has 134 valence electrons. The molecule has 1 aliphatic carbocycles. The molecule has 0 saturated heterocycles. The number of fused-ring (bicyclic) bond motifs is 1. The van der Waals surface area contributed by atoms with Gasteiger partial charge in [0.1, 0.15) is 11.0 Å². The van der Waals surface area contributed by atoms with Crippen LogP contribution in [0.4, 0.5) is 0 Å². The van der Waals surface area contributed by atoms with Crippen molar-refractivity contribution in [1.82, 2.24) is 25.4 Å². The van der Waals surface area contributed by atoms with Gasteiger partial charge in [-0.1, -0.05) is 0 Å². The summed E-state index contributed by atoms with van der Waals surface area (Å²) in [7, 11) is 3.62. The van der Waals surface area contributed by atoms with Crippen LogP contribution in [-0.2, 0) is 31.2 Å². The number of aromatic nitrogens is 3. The highest BCUT2D eigenvalue weighted by molar-refractivity contribution is 7.11. The molecular formula is C15H23Cl2N5OS. The molecule has 2 heterocycles. The molecule has 0 aromatic carbocycles. The van der Waals surface area contributed by atoms with E-state index in [0.29, 0.717) is 6.54 Å². The van der Waals surface area contributed by atoms with E-state index in [-0.39, 0.29) is 36.8 Å². The minimum Gasteiger partial charge on any atom is -0.348 e. The SMILES string of the molecule is CNC(C(=O)NCc1nc2c(s1)CCCC2)c1cnn(C)c1.Cl.Cl. The Bertz CT molecular complexity index is 649. The second kappa shape index (κ2) is 9.36. The molecular weight excluding hydrogens is 369 g/mol. The zero-order valence-electron chi connectivity index (χ0n) is 13.7. The smallest absolute Gasteiger partial charge is 0.242 e. The Balaban J connectivity index is 0.00000144. The van der Waals surface area contributed by atoms with Crippen molar-refractivity contribution in [2.45, 2.75) is 38.3 Å². The van der Waals surface area contributed by atoms with Gasteiger partial charge in [0.15, 0.2) is 0 Å². The average molecular weight is 392 g/mol. The first-order valence-electron chi connectivity index (χ1n) is 7.58. The molecule has 2 aromatic rings. The summed E-state index contributed by atoms with van der Waals surface area (Å²) in [5.41, 5.74) is 2.10. The normalized spacial score (nSPS) is 14.1. The highest BCUT2D eigenvalue weighted by Crippen LogP contribution is 2.26. The molecule has 0 aliphatic heterocycles. The summed E-state index contributed by atoms with van der Waals surface area (Å²) in [6, 6.07) is -0.386. The molecule has 0 bridgehead atoms. The first-order chi connectivity index (χ1) is 10.7. The summed E-state index contributed by atoms with van der Waals surface area (Å²) in [4.78, 5) is 18.4. The Labute approximate surface area is 158 Å². The highest BCUT2D eigenvalue weighted by Gasteiger charge is 2.21. The van der Waals surface area contributed by atoms with Crippen LogP contribution in [0.3, 0.4) is 0 Å². The molecule has 0 saturated carbocycles. The van der Waals surface area contributed by atoms with Gasteiger partial charge in [-0.2, -0.15) is 5.10 Å². The van der Waals surface area contributed by atoms with Crippen molar-refractivity contribution in [2.24, 2.45) is 7.05 Å². The Morgan fingerprint density at radius 3 is 2.75 bits per heavy atom. The summed E-state index contributed by atoms with van der Waals surface area (Å²) in [6.45, 7) is 0.495. The van der Waals surface area contributed by atoms with Gasteiger partial charge in [0, 0.05) is 23.7 Å². The number of hydrogen-bond acceptors (Lipinski definition) is 5. The first-order valence-corrected chi connectivity index (χ1v) is 8.40. The summed E-state index contributed by atoms with van der Waals surface area (Å²) >= 11 is 1.73. The second-order valence-electron chi connectivity index (χ2n) is 5.57. The Kier molecular flexibility index (Phi) is 8.15. The van der Waals surface area contributed by atoms with Gasteiger partial charge in [-0.05, 0) is 32.7 Å². The molecule has 0 radical (unpaired) electrons. The van der Waals surface area contributed by atoms with Crippen LogP contribution in [0.1, 0.15) is 40.0 Å². The van der Waals surface area contributed by atoms with Gasteiger partial charge in [-0.15, -0.1) is 36.2 Å². The van der Waals surface area contributed by atoms with E-state index in [0.717, 1.165) is 23.4 Å². The molecule has 3 rings (SSSR count). The van der Waals surface area contributed by atoms with Crippen molar-refractivity contribution in [3.05, 3.63) is 33.5 Å². The summed E-state index contributed by atoms with van der Waals surface area (Å²) in [5.74, 6) is -0.0522. The van der Waals surface area contributed by atoms with Crippen LogP contribution in [0.5, 0.6) is 0 Å². The summed E-state index contributed by atoms with van der Waals surface area (Å²) in [5, 5.41) is 11.1. The molecule has 9 heteroatoms. The van der Waals surface area contributed by atoms with Gasteiger partial charge in [0.2, 0.25) is 5.91 Å². The lowest BCUT2D eigenvalue weighted by molar-refractivity contribution is -0.123. The third kappa shape index (κ3) is 4.69. The molecule has 1 atom stereocenters. The first kappa shape index (κ1) is 20.9. The predicted octanol–water partition coefficient (Wildman–Crippen LogP) is 2.18. The van der Waals surface area contributed by atoms with Crippen LogP contribution in [0, 0.1) is 0 Å². The van der Waals surface area contributed by atoms with Crippen molar-refractivity contribution >= 4 is 42.1 Å². The van der Waals surface area contributed by atoms with Crippen molar-refractivity contribution < 1.29 is 4.79 Å². The lowest BCUT2D eigenvalue weighted by Gasteiger charge is -2.13. The average Bonchev–Trinajstić information content (AvgIpc) is 3.12. The third-order valence-electron chi connectivity index (χ3n) is 3.91. The van der Waals surface area contributed by atoms with Crippen LogP contribution in [0.25, 0.3) is 0 Å². The van der Waals surface area contributed by atoms with Gasteiger partial charge in [-0.3, -0.25) is 9.48 Å². The minimum atomic E-state index is -0.386. The van der Waals surface area contributed by atoms with E-state index < -0.39 is 0 Å². The molecule has 1 amide bonds. The maximum Gasteiger partial charge on any atom is 0.242 e. The monoisotopic (exact) mass is 391 g/mol. The number of hydrogen-bond donors (Lipinski definition) is 2. The van der Waals surface area contributed by atoms with Crippen molar-refractivity contribution in [3.8, 4) is 0 Å². The van der Waals surface area contributed by atoms with Gasteiger partial charge < -0.3 is 10.6 Å². The lowest BCUT2D eigenvalue weighted by Crippen LogP contribution is -2.35. The van der Waals surface area contributed by atoms with Crippen molar-refractivity contribution in [2.75, 3.05) is 7.05 Å². The number of nitrogens with one attached hydrogen (secondary N) is 2. The molecule has 0 spiro atoms. The van der Waals surface area contributed by atoms with Crippen LogP contribution in [0.2, 0.25) is 0 Å². The van der Waals surface area contributed by atoms with E-state index in [2.05, 4.69) is 20.7 Å². The molecule has 2 aromatic heterocycles. The Morgan fingerprint density at radius 2 is 2.12 bits per heavy atom. The quantitative estimate of drug-likeness (QED) is 0.818. The Hall–Kier alpha value is -1.15. The molecule has 0 fully saturated rings. The predicted molar refractivity (Wildman–Crippen MR) is 100 cm³/mol. The Morgan fingerprint density at radius 1 is 1.38 bits per heavy atom. The zero-order chi connectivity index (χ0) is 15.5. The van der Waals surface area contributed by atoms with Crippen LogP contribution in [-0.4, -0.2) is 27.7 Å². The van der Waals surface area contributed by atoms with E-state index >= 15 is 0 Å². The zero-order valence-corrected chi connectivity index (χ0v) is 16.2. The number of aryl methyl sites for hydroxylation is 3. The molecule has 1 unspecified atom stereocenters. The van der Waals surface area contributed by atoms with Crippen LogP contribution >= 0.6 is 36.2 Å². The number of carbonyl (C=O) groups is 1. The highest BCUT2D eigenvalue weighted by atomic mass is 35.5. The number of thiazole rings is 1. The molecule has 1 aliphatic rings. The topological polar surface area (TPSA) is 71.8 Å². The third-order valence-corrected chi connectivity index (χ3v) is 5.07. The van der Waals surface area contributed by atoms with E-state index in [4.69, 9.17) is 0 Å². The van der Waals surface area contributed by atoms with E-state index in [1.165, 1.54) is 23.4 Å². The number of likely N-dealkylation sites (N-methyl/N-ethyl adjacent to an activating group) is 1. The van der Waals surface area contributed by atoms with Crippen LogP contribution < -0.4 is 10.6 Å². The van der Waals surface area contributed by atoms with Gasteiger partial charge in [0.05, 0.1) is 18.4 Å². The maximum absolute atomic E-state index is 12.4. The fourth-order valence-electron chi connectivity index (χ4n) is 2.78. The standard InChI is InChI=1S/C15H21N5OS.2ClH/c1-16-14(10-7-18-20(2)9-10)15(21)17-8-13-19-11-5-3-4-6-12(11)22-13;;/h7,9,14,16H,3-6,8H2,1-2H3,(H,17,21);2*1H.